The van der Waals surface area contributed by atoms with Crippen LogP contribution in [0.4, 0.5) is 0 Å². The van der Waals surface area contributed by atoms with Crippen molar-refractivity contribution in [3.8, 4) is 0 Å². The first-order chi connectivity index (χ1) is 7.74. The quantitative estimate of drug-likeness (QED) is 0.849. The van der Waals surface area contributed by atoms with E-state index in [1.54, 1.807) is 6.26 Å². The molecular formula is C12H20N2O2. The first-order valence-corrected chi connectivity index (χ1v) is 6.03. The molecule has 0 radical (unpaired) electrons. The largest absolute Gasteiger partial charge is 0.446 e. The van der Waals surface area contributed by atoms with Gasteiger partial charge in [-0.25, -0.2) is 4.98 Å². The van der Waals surface area contributed by atoms with E-state index in [9.17, 15) is 0 Å². The van der Waals surface area contributed by atoms with Gasteiger partial charge in [0, 0.05) is 6.61 Å². The van der Waals surface area contributed by atoms with Crippen LogP contribution in [0.15, 0.2) is 10.7 Å². The summed E-state index contributed by atoms with van der Waals surface area (Å²) in [6.07, 6.45) is 6.87. The highest BCUT2D eigenvalue weighted by atomic mass is 16.5. The Hall–Kier alpha value is -0.870. The summed E-state index contributed by atoms with van der Waals surface area (Å²) in [5.74, 6) is 0.722. The zero-order valence-corrected chi connectivity index (χ0v) is 9.87. The van der Waals surface area contributed by atoms with Gasteiger partial charge in [0.1, 0.15) is 11.9 Å². The summed E-state index contributed by atoms with van der Waals surface area (Å²) in [5.41, 5.74) is 6.13. The van der Waals surface area contributed by atoms with Crippen LogP contribution in [-0.4, -0.2) is 18.1 Å². The number of hydrogen-bond donors (Lipinski definition) is 1. The van der Waals surface area contributed by atoms with E-state index in [0.29, 0.717) is 6.54 Å². The number of rotatable bonds is 4. The highest BCUT2D eigenvalue weighted by Crippen LogP contribution is 2.33. The zero-order chi connectivity index (χ0) is 11.4. The maximum absolute atomic E-state index is 5.79. The molecule has 2 N–H and O–H groups in total. The minimum atomic E-state index is -0.320. The lowest BCUT2D eigenvalue weighted by atomic mass is 9.96. The van der Waals surface area contributed by atoms with Crippen molar-refractivity contribution in [2.45, 2.75) is 44.6 Å². The van der Waals surface area contributed by atoms with Gasteiger partial charge in [0.25, 0.3) is 0 Å². The highest BCUT2D eigenvalue weighted by Gasteiger charge is 2.34. The SMILES string of the molecule is CC1(c2nc(CCCN)co2)CCCCO1. The van der Waals surface area contributed by atoms with E-state index in [1.807, 2.05) is 0 Å². The molecule has 0 spiro atoms. The van der Waals surface area contributed by atoms with Crippen molar-refractivity contribution in [3.63, 3.8) is 0 Å². The second-order valence-electron chi connectivity index (χ2n) is 4.57. The van der Waals surface area contributed by atoms with Gasteiger partial charge in [0.2, 0.25) is 5.89 Å². The summed E-state index contributed by atoms with van der Waals surface area (Å²) in [6.45, 7) is 3.55. The summed E-state index contributed by atoms with van der Waals surface area (Å²) in [7, 11) is 0. The number of hydrogen-bond acceptors (Lipinski definition) is 4. The summed E-state index contributed by atoms with van der Waals surface area (Å²) in [4.78, 5) is 4.50. The van der Waals surface area contributed by atoms with Crippen molar-refractivity contribution >= 4 is 0 Å². The first kappa shape index (κ1) is 11.6. The maximum atomic E-state index is 5.79. The second kappa shape index (κ2) is 4.97. The molecule has 2 rings (SSSR count). The molecule has 1 aliphatic rings. The van der Waals surface area contributed by atoms with Gasteiger partial charge in [-0.05, 0) is 45.6 Å². The molecule has 0 saturated carbocycles. The number of aromatic nitrogens is 1. The Bertz CT molecular complexity index is 330. The summed E-state index contributed by atoms with van der Waals surface area (Å²) < 4.78 is 11.3. The van der Waals surface area contributed by atoms with Gasteiger partial charge in [0.05, 0.1) is 5.69 Å². The second-order valence-corrected chi connectivity index (χ2v) is 4.57. The van der Waals surface area contributed by atoms with Crippen LogP contribution in [-0.2, 0) is 16.8 Å². The lowest BCUT2D eigenvalue weighted by Crippen LogP contribution is -2.30. The third-order valence-electron chi connectivity index (χ3n) is 3.11. The van der Waals surface area contributed by atoms with Crippen LogP contribution in [0.3, 0.4) is 0 Å². The third kappa shape index (κ3) is 2.44. The normalized spacial score (nSPS) is 25.9. The van der Waals surface area contributed by atoms with Gasteiger partial charge in [0.15, 0.2) is 0 Å². The molecule has 1 aromatic heterocycles. The predicted molar refractivity (Wildman–Crippen MR) is 61.0 cm³/mol. The number of aryl methyl sites for hydroxylation is 1. The Morgan fingerprint density at radius 3 is 3.06 bits per heavy atom. The van der Waals surface area contributed by atoms with Crippen molar-refractivity contribution in [3.05, 3.63) is 17.8 Å². The molecule has 2 heterocycles. The Kier molecular flexibility index (Phi) is 3.61. The summed E-state index contributed by atoms with van der Waals surface area (Å²) in [5, 5.41) is 0. The van der Waals surface area contributed by atoms with Crippen molar-refractivity contribution in [2.75, 3.05) is 13.2 Å². The summed E-state index contributed by atoms with van der Waals surface area (Å²) in [6, 6.07) is 0. The molecule has 1 atom stereocenters. The van der Waals surface area contributed by atoms with Crippen molar-refractivity contribution in [2.24, 2.45) is 5.73 Å². The van der Waals surface area contributed by atoms with Crippen LogP contribution in [0.5, 0.6) is 0 Å². The highest BCUT2D eigenvalue weighted by molar-refractivity contribution is 5.04. The Labute approximate surface area is 96.2 Å². The monoisotopic (exact) mass is 224 g/mol. The first-order valence-electron chi connectivity index (χ1n) is 6.03. The fraction of sp³-hybridized carbons (Fsp3) is 0.750. The molecule has 0 bridgehead atoms. The molecule has 1 unspecified atom stereocenters. The predicted octanol–water partition coefficient (Wildman–Crippen LogP) is 1.98. The fourth-order valence-electron chi connectivity index (χ4n) is 2.05. The van der Waals surface area contributed by atoms with E-state index in [0.717, 1.165) is 43.9 Å². The average Bonchev–Trinajstić information content (AvgIpc) is 2.77. The van der Waals surface area contributed by atoms with E-state index >= 15 is 0 Å². The van der Waals surface area contributed by atoms with Crippen LogP contribution in [0, 0.1) is 0 Å². The number of oxazole rings is 1. The van der Waals surface area contributed by atoms with E-state index in [1.165, 1.54) is 6.42 Å². The van der Waals surface area contributed by atoms with Gasteiger partial charge >= 0.3 is 0 Å². The molecule has 90 valence electrons. The third-order valence-corrected chi connectivity index (χ3v) is 3.11. The minimum absolute atomic E-state index is 0.320. The lowest BCUT2D eigenvalue weighted by Gasteiger charge is -2.30. The average molecular weight is 224 g/mol. The molecule has 4 heteroatoms. The molecule has 4 nitrogen and oxygen atoms in total. The molecule has 0 aliphatic carbocycles. The molecule has 0 amide bonds. The molecule has 0 aromatic carbocycles. The minimum Gasteiger partial charge on any atom is -0.446 e. The molecular weight excluding hydrogens is 204 g/mol. The Balaban J connectivity index is 2.05. The smallest absolute Gasteiger partial charge is 0.226 e. The molecule has 1 fully saturated rings. The van der Waals surface area contributed by atoms with E-state index in [-0.39, 0.29) is 5.60 Å². The van der Waals surface area contributed by atoms with E-state index < -0.39 is 0 Å². The van der Waals surface area contributed by atoms with Crippen LogP contribution in [0.25, 0.3) is 0 Å². The topological polar surface area (TPSA) is 61.3 Å². The Morgan fingerprint density at radius 1 is 1.50 bits per heavy atom. The van der Waals surface area contributed by atoms with Crippen molar-refractivity contribution < 1.29 is 9.15 Å². The van der Waals surface area contributed by atoms with E-state index in [4.69, 9.17) is 14.9 Å². The number of nitrogens with zero attached hydrogens (tertiary/aromatic N) is 1. The molecule has 1 aromatic rings. The zero-order valence-electron chi connectivity index (χ0n) is 9.87. The van der Waals surface area contributed by atoms with Gasteiger partial charge in [-0.1, -0.05) is 0 Å². The summed E-state index contributed by atoms with van der Waals surface area (Å²) >= 11 is 0. The van der Waals surface area contributed by atoms with Gasteiger partial charge in [-0.2, -0.15) is 0 Å². The van der Waals surface area contributed by atoms with Crippen LogP contribution < -0.4 is 5.73 Å². The van der Waals surface area contributed by atoms with Gasteiger partial charge in [-0.3, -0.25) is 0 Å². The fourth-order valence-corrected chi connectivity index (χ4v) is 2.05. The van der Waals surface area contributed by atoms with Crippen molar-refractivity contribution in [1.82, 2.24) is 4.98 Å². The number of nitrogens with two attached hydrogens (primary N) is 1. The Morgan fingerprint density at radius 2 is 2.38 bits per heavy atom. The van der Waals surface area contributed by atoms with Crippen LogP contribution in [0.2, 0.25) is 0 Å². The van der Waals surface area contributed by atoms with Gasteiger partial charge in [-0.15, -0.1) is 0 Å². The molecule has 1 saturated heterocycles. The number of ether oxygens (including phenoxy) is 1. The standard InChI is InChI=1S/C12H20N2O2/c1-12(6-2-3-8-16-12)11-14-10(9-15-11)5-4-7-13/h9H,2-8,13H2,1H3. The molecule has 16 heavy (non-hydrogen) atoms. The van der Waals surface area contributed by atoms with Gasteiger partial charge < -0.3 is 14.9 Å². The van der Waals surface area contributed by atoms with Crippen LogP contribution >= 0.6 is 0 Å². The van der Waals surface area contributed by atoms with Crippen molar-refractivity contribution in [1.29, 1.82) is 0 Å². The maximum Gasteiger partial charge on any atom is 0.226 e. The molecule has 1 aliphatic heterocycles. The lowest BCUT2D eigenvalue weighted by molar-refractivity contribution is -0.0866. The van der Waals surface area contributed by atoms with Crippen LogP contribution in [0.1, 0.15) is 44.2 Å². The van der Waals surface area contributed by atoms with E-state index in [2.05, 4.69) is 11.9 Å².